The third-order valence-corrected chi connectivity index (χ3v) is 3.28. The molecule has 78 valence electrons. The van der Waals surface area contributed by atoms with Crippen LogP contribution < -0.4 is 4.90 Å². The summed E-state index contributed by atoms with van der Waals surface area (Å²) in [5, 5.41) is 19.5. The maximum atomic E-state index is 9.18. The van der Waals surface area contributed by atoms with Crippen LogP contribution in [0.15, 0.2) is 11.7 Å². The predicted octanol–water partition coefficient (Wildman–Crippen LogP) is 0.460. The second-order valence-corrected chi connectivity index (χ2v) is 4.19. The molecule has 1 aliphatic heterocycles. The van der Waals surface area contributed by atoms with Gasteiger partial charge in [0, 0.05) is 13.1 Å². The number of thiazole rings is 1. The summed E-state index contributed by atoms with van der Waals surface area (Å²) >= 11 is 1.44. The summed E-state index contributed by atoms with van der Waals surface area (Å²) < 4.78 is 2.03. The van der Waals surface area contributed by atoms with Gasteiger partial charge in [0.25, 0.3) is 0 Å². The molecule has 0 saturated carbocycles. The van der Waals surface area contributed by atoms with Crippen LogP contribution in [0.1, 0.15) is 5.82 Å². The van der Waals surface area contributed by atoms with Gasteiger partial charge in [-0.1, -0.05) is 0 Å². The summed E-state index contributed by atoms with van der Waals surface area (Å²) in [5.41, 5.74) is 0. The van der Waals surface area contributed by atoms with Crippen LogP contribution in [0.5, 0.6) is 5.88 Å². The summed E-state index contributed by atoms with van der Waals surface area (Å²) in [6, 6.07) is 0. The largest absolute Gasteiger partial charge is 0.493 e. The zero-order valence-corrected chi connectivity index (χ0v) is 8.68. The van der Waals surface area contributed by atoms with Gasteiger partial charge in [-0.25, -0.2) is 0 Å². The SMILES string of the molecule is Oc1csc(N2CCn3cnnc3C2)n1. The normalized spacial score (nSPS) is 15.3. The van der Waals surface area contributed by atoms with Crippen LogP contribution in [0, 0.1) is 0 Å². The van der Waals surface area contributed by atoms with Crippen LogP contribution in [-0.2, 0) is 13.1 Å². The second-order valence-electron chi connectivity index (χ2n) is 3.35. The molecular formula is C8H9N5OS. The van der Waals surface area contributed by atoms with Gasteiger partial charge in [-0.05, 0) is 0 Å². The summed E-state index contributed by atoms with van der Waals surface area (Å²) in [6.45, 7) is 2.44. The van der Waals surface area contributed by atoms with Crippen LogP contribution in [0.4, 0.5) is 5.13 Å². The van der Waals surface area contributed by atoms with Crippen molar-refractivity contribution < 1.29 is 5.11 Å². The molecule has 0 unspecified atom stereocenters. The van der Waals surface area contributed by atoms with Crippen LogP contribution >= 0.6 is 11.3 Å². The molecule has 3 heterocycles. The average molecular weight is 223 g/mol. The van der Waals surface area contributed by atoms with E-state index in [9.17, 15) is 5.11 Å². The van der Waals surface area contributed by atoms with Gasteiger partial charge in [0.15, 0.2) is 11.0 Å². The molecule has 7 heteroatoms. The van der Waals surface area contributed by atoms with E-state index in [1.165, 1.54) is 11.3 Å². The van der Waals surface area contributed by atoms with Gasteiger partial charge in [0.2, 0.25) is 5.88 Å². The highest BCUT2D eigenvalue weighted by molar-refractivity contribution is 7.13. The van der Waals surface area contributed by atoms with Crippen LogP contribution in [-0.4, -0.2) is 31.4 Å². The molecule has 0 spiro atoms. The molecule has 0 atom stereocenters. The van der Waals surface area contributed by atoms with Crippen molar-refractivity contribution in [1.29, 1.82) is 0 Å². The molecule has 2 aromatic rings. The molecule has 15 heavy (non-hydrogen) atoms. The third kappa shape index (κ3) is 1.44. The number of aromatic nitrogens is 4. The van der Waals surface area contributed by atoms with Gasteiger partial charge >= 0.3 is 0 Å². The molecule has 2 aromatic heterocycles. The lowest BCUT2D eigenvalue weighted by molar-refractivity contribution is 0.456. The molecule has 3 rings (SSSR count). The third-order valence-electron chi connectivity index (χ3n) is 2.39. The van der Waals surface area contributed by atoms with Gasteiger partial charge in [-0.15, -0.1) is 21.5 Å². The smallest absolute Gasteiger partial charge is 0.223 e. The summed E-state index contributed by atoms with van der Waals surface area (Å²) in [7, 11) is 0. The summed E-state index contributed by atoms with van der Waals surface area (Å²) in [6.07, 6.45) is 1.74. The Morgan fingerprint density at radius 2 is 2.33 bits per heavy atom. The first kappa shape index (κ1) is 8.66. The zero-order chi connectivity index (χ0) is 10.3. The maximum absolute atomic E-state index is 9.18. The molecule has 0 radical (unpaired) electrons. The van der Waals surface area contributed by atoms with E-state index < -0.39 is 0 Å². The number of hydrogen-bond acceptors (Lipinski definition) is 6. The van der Waals surface area contributed by atoms with E-state index in [2.05, 4.69) is 20.1 Å². The van der Waals surface area contributed by atoms with Crippen molar-refractivity contribution in [3.05, 3.63) is 17.5 Å². The number of rotatable bonds is 1. The van der Waals surface area contributed by atoms with E-state index in [4.69, 9.17) is 0 Å². The fraction of sp³-hybridized carbons (Fsp3) is 0.375. The van der Waals surface area contributed by atoms with Crippen molar-refractivity contribution >= 4 is 16.5 Å². The number of anilines is 1. The van der Waals surface area contributed by atoms with Crippen molar-refractivity contribution in [2.75, 3.05) is 11.4 Å². The predicted molar refractivity (Wildman–Crippen MR) is 54.9 cm³/mol. The Morgan fingerprint density at radius 1 is 1.40 bits per heavy atom. The zero-order valence-electron chi connectivity index (χ0n) is 7.87. The second kappa shape index (κ2) is 3.20. The van der Waals surface area contributed by atoms with Gasteiger partial charge in [0.05, 0.1) is 11.9 Å². The Balaban J connectivity index is 1.87. The molecule has 0 saturated heterocycles. The molecular weight excluding hydrogens is 214 g/mol. The Kier molecular flexibility index (Phi) is 1.84. The Hall–Kier alpha value is -1.63. The Bertz CT molecular complexity index is 479. The summed E-state index contributed by atoms with van der Waals surface area (Å²) in [4.78, 5) is 6.13. The quantitative estimate of drug-likeness (QED) is 0.760. The lowest BCUT2D eigenvalue weighted by atomic mass is 10.4. The number of fused-ring (bicyclic) bond motifs is 1. The van der Waals surface area contributed by atoms with E-state index in [-0.39, 0.29) is 5.88 Å². The standard InChI is InChI=1S/C8H9N5OS/c14-7-4-15-8(10-7)12-1-2-13-5-9-11-6(13)3-12/h4-5,14H,1-3H2. The average Bonchev–Trinajstić information content (AvgIpc) is 2.84. The molecule has 6 nitrogen and oxygen atoms in total. The molecule has 1 aliphatic rings. The van der Waals surface area contributed by atoms with Crippen LogP contribution in [0.25, 0.3) is 0 Å². The van der Waals surface area contributed by atoms with Crippen LogP contribution in [0.2, 0.25) is 0 Å². The van der Waals surface area contributed by atoms with Crippen molar-refractivity contribution in [3.63, 3.8) is 0 Å². The first-order chi connectivity index (χ1) is 7.33. The minimum atomic E-state index is 0.0852. The fourth-order valence-electron chi connectivity index (χ4n) is 1.63. The van der Waals surface area contributed by atoms with E-state index in [0.717, 1.165) is 24.0 Å². The highest BCUT2D eigenvalue weighted by atomic mass is 32.1. The van der Waals surface area contributed by atoms with Crippen molar-refractivity contribution in [3.8, 4) is 5.88 Å². The number of hydrogen-bond donors (Lipinski definition) is 1. The lowest BCUT2D eigenvalue weighted by Crippen LogP contribution is -2.33. The van der Waals surface area contributed by atoms with Gasteiger partial charge in [-0.3, -0.25) is 0 Å². The van der Waals surface area contributed by atoms with Gasteiger partial charge in [-0.2, -0.15) is 4.98 Å². The van der Waals surface area contributed by atoms with Crippen molar-refractivity contribution in [2.24, 2.45) is 0 Å². The van der Waals surface area contributed by atoms with Gasteiger partial charge in [0.1, 0.15) is 6.33 Å². The maximum Gasteiger partial charge on any atom is 0.223 e. The molecule has 0 bridgehead atoms. The van der Waals surface area contributed by atoms with E-state index in [1.807, 2.05) is 4.57 Å². The fourth-order valence-corrected chi connectivity index (χ4v) is 2.35. The van der Waals surface area contributed by atoms with Crippen LogP contribution in [0.3, 0.4) is 0 Å². The van der Waals surface area contributed by atoms with E-state index in [1.54, 1.807) is 11.7 Å². The summed E-state index contributed by atoms with van der Waals surface area (Å²) in [5.74, 6) is 1.03. The number of aromatic hydroxyl groups is 1. The highest BCUT2D eigenvalue weighted by Crippen LogP contribution is 2.26. The monoisotopic (exact) mass is 223 g/mol. The molecule has 0 aromatic carbocycles. The number of nitrogens with zero attached hydrogens (tertiary/aromatic N) is 5. The molecule has 1 N–H and O–H groups in total. The minimum absolute atomic E-state index is 0.0852. The molecule has 0 aliphatic carbocycles. The van der Waals surface area contributed by atoms with Gasteiger partial charge < -0.3 is 14.6 Å². The lowest BCUT2D eigenvalue weighted by Gasteiger charge is -2.26. The topological polar surface area (TPSA) is 67.1 Å². The van der Waals surface area contributed by atoms with Crippen molar-refractivity contribution in [1.82, 2.24) is 19.7 Å². The minimum Gasteiger partial charge on any atom is -0.493 e. The van der Waals surface area contributed by atoms with Crippen molar-refractivity contribution in [2.45, 2.75) is 13.1 Å². The highest BCUT2D eigenvalue weighted by Gasteiger charge is 2.19. The van der Waals surface area contributed by atoms with E-state index in [0.29, 0.717) is 6.54 Å². The first-order valence-corrected chi connectivity index (χ1v) is 5.47. The molecule has 0 amide bonds. The Morgan fingerprint density at radius 3 is 3.13 bits per heavy atom. The first-order valence-electron chi connectivity index (χ1n) is 4.59. The van der Waals surface area contributed by atoms with E-state index >= 15 is 0 Å². The molecule has 0 fully saturated rings. The Labute approximate surface area is 89.8 Å².